The zero-order valence-corrected chi connectivity index (χ0v) is 12.9. The number of hydrogen-bond donors (Lipinski definition) is 2. The summed E-state index contributed by atoms with van der Waals surface area (Å²) in [7, 11) is 3.92. The molecule has 20 heavy (non-hydrogen) atoms. The molecule has 2 rings (SSSR count). The van der Waals surface area contributed by atoms with Crippen LogP contribution in [0.3, 0.4) is 0 Å². The van der Waals surface area contributed by atoms with Crippen LogP contribution >= 0.6 is 11.6 Å². The van der Waals surface area contributed by atoms with Crippen molar-refractivity contribution in [3.63, 3.8) is 0 Å². The molecule has 0 radical (unpaired) electrons. The van der Waals surface area contributed by atoms with E-state index in [1.807, 2.05) is 32.3 Å². The molecule has 1 heterocycles. The lowest BCUT2D eigenvalue weighted by Crippen LogP contribution is -2.46. The minimum absolute atomic E-state index is 0.591. The van der Waals surface area contributed by atoms with E-state index in [1.54, 1.807) is 0 Å². The van der Waals surface area contributed by atoms with Crippen LogP contribution in [0.5, 0.6) is 0 Å². The number of hydrogen-bond acceptors (Lipinski definition) is 4. The molecular weight excluding hydrogens is 276 g/mol. The largest absolute Gasteiger partial charge is 0.388 e. The van der Waals surface area contributed by atoms with Gasteiger partial charge in [0.05, 0.1) is 5.60 Å². The highest BCUT2D eigenvalue weighted by Gasteiger charge is 2.31. The van der Waals surface area contributed by atoms with Crippen molar-refractivity contribution in [1.82, 2.24) is 5.32 Å². The van der Waals surface area contributed by atoms with Gasteiger partial charge in [-0.3, -0.25) is 0 Å². The first-order valence-electron chi connectivity index (χ1n) is 6.98. The predicted molar refractivity (Wildman–Crippen MR) is 82.5 cm³/mol. The van der Waals surface area contributed by atoms with E-state index in [-0.39, 0.29) is 0 Å². The van der Waals surface area contributed by atoms with E-state index in [1.165, 1.54) is 5.56 Å². The third-order valence-corrected chi connectivity index (χ3v) is 4.02. The van der Waals surface area contributed by atoms with Gasteiger partial charge in [0.1, 0.15) is 0 Å². The Morgan fingerprint density at radius 2 is 2.10 bits per heavy atom. The SMILES string of the molecule is CNCc1ccc(Cl)cc1N(C)CC1(O)CCOCC1. The molecule has 0 bridgehead atoms. The Bertz CT molecular complexity index is 447. The highest BCUT2D eigenvalue weighted by Crippen LogP contribution is 2.28. The maximum absolute atomic E-state index is 10.6. The van der Waals surface area contributed by atoms with E-state index < -0.39 is 5.60 Å². The van der Waals surface area contributed by atoms with Gasteiger partial charge in [0.2, 0.25) is 0 Å². The second-order valence-corrected chi connectivity index (χ2v) is 5.93. The zero-order valence-electron chi connectivity index (χ0n) is 12.2. The lowest BCUT2D eigenvalue weighted by atomic mass is 9.93. The molecule has 112 valence electrons. The number of halogens is 1. The van der Waals surface area contributed by atoms with Crippen molar-refractivity contribution < 1.29 is 9.84 Å². The van der Waals surface area contributed by atoms with Crippen LogP contribution in [0, 0.1) is 0 Å². The Labute approximate surface area is 125 Å². The Kier molecular flexibility index (Phi) is 5.27. The summed E-state index contributed by atoms with van der Waals surface area (Å²) in [6.07, 6.45) is 1.36. The molecule has 1 aromatic rings. The van der Waals surface area contributed by atoms with Crippen molar-refractivity contribution in [2.24, 2.45) is 0 Å². The van der Waals surface area contributed by atoms with E-state index in [9.17, 15) is 5.11 Å². The number of likely N-dealkylation sites (N-methyl/N-ethyl adjacent to an activating group) is 1. The van der Waals surface area contributed by atoms with Crippen molar-refractivity contribution in [3.05, 3.63) is 28.8 Å². The van der Waals surface area contributed by atoms with Crippen molar-refractivity contribution in [3.8, 4) is 0 Å². The fourth-order valence-electron chi connectivity index (χ4n) is 2.67. The second-order valence-electron chi connectivity index (χ2n) is 5.50. The quantitative estimate of drug-likeness (QED) is 0.873. The monoisotopic (exact) mass is 298 g/mol. The van der Waals surface area contributed by atoms with Crippen LogP contribution in [0.1, 0.15) is 18.4 Å². The number of nitrogens with zero attached hydrogens (tertiary/aromatic N) is 1. The summed E-state index contributed by atoms with van der Waals surface area (Å²) in [6.45, 7) is 2.62. The van der Waals surface area contributed by atoms with Gasteiger partial charge in [-0.05, 0) is 24.7 Å². The normalized spacial score (nSPS) is 18.0. The van der Waals surface area contributed by atoms with Crippen molar-refractivity contribution >= 4 is 17.3 Å². The van der Waals surface area contributed by atoms with Gasteiger partial charge in [-0.2, -0.15) is 0 Å². The summed E-state index contributed by atoms with van der Waals surface area (Å²) in [5.74, 6) is 0. The van der Waals surface area contributed by atoms with Gasteiger partial charge >= 0.3 is 0 Å². The topological polar surface area (TPSA) is 44.7 Å². The fourth-order valence-corrected chi connectivity index (χ4v) is 2.83. The zero-order chi connectivity index (χ0) is 14.6. The first-order valence-corrected chi connectivity index (χ1v) is 7.36. The molecule has 1 aromatic carbocycles. The molecule has 0 amide bonds. The van der Waals surface area contributed by atoms with Crippen LogP contribution in [0.25, 0.3) is 0 Å². The molecule has 1 saturated heterocycles. The molecule has 0 atom stereocenters. The van der Waals surface area contributed by atoms with Crippen LogP contribution in [-0.4, -0.2) is 44.6 Å². The summed E-state index contributed by atoms with van der Waals surface area (Å²) < 4.78 is 5.32. The van der Waals surface area contributed by atoms with E-state index in [2.05, 4.69) is 10.2 Å². The highest BCUT2D eigenvalue weighted by atomic mass is 35.5. The van der Waals surface area contributed by atoms with Crippen molar-refractivity contribution in [2.75, 3.05) is 38.8 Å². The molecular formula is C15H23ClN2O2. The van der Waals surface area contributed by atoms with Gasteiger partial charge in [-0.25, -0.2) is 0 Å². The number of aliphatic hydroxyl groups is 1. The van der Waals surface area contributed by atoms with Crippen LogP contribution in [0.2, 0.25) is 5.02 Å². The van der Waals surface area contributed by atoms with Gasteiger partial charge in [0.15, 0.2) is 0 Å². The molecule has 4 nitrogen and oxygen atoms in total. The maximum atomic E-state index is 10.6. The van der Waals surface area contributed by atoms with Gasteiger partial charge in [0, 0.05) is 56.9 Å². The second kappa shape index (κ2) is 6.76. The van der Waals surface area contributed by atoms with E-state index in [0.29, 0.717) is 37.6 Å². The third kappa shape index (κ3) is 3.85. The summed E-state index contributed by atoms with van der Waals surface area (Å²) in [5.41, 5.74) is 1.56. The van der Waals surface area contributed by atoms with Gasteiger partial charge in [-0.15, -0.1) is 0 Å². The van der Waals surface area contributed by atoms with E-state index in [0.717, 1.165) is 12.2 Å². The number of benzene rings is 1. The van der Waals surface area contributed by atoms with Crippen LogP contribution < -0.4 is 10.2 Å². The lowest BCUT2D eigenvalue weighted by molar-refractivity contribution is -0.0572. The molecule has 0 aromatic heterocycles. The molecule has 0 saturated carbocycles. The first kappa shape index (κ1) is 15.6. The van der Waals surface area contributed by atoms with Crippen molar-refractivity contribution in [1.29, 1.82) is 0 Å². The minimum atomic E-state index is -0.674. The predicted octanol–water partition coefficient (Wildman–Crippen LogP) is 2.04. The summed E-state index contributed by atoms with van der Waals surface area (Å²) in [6, 6.07) is 5.88. The van der Waals surface area contributed by atoms with Gasteiger partial charge < -0.3 is 20.1 Å². The van der Waals surface area contributed by atoms with Crippen LogP contribution in [-0.2, 0) is 11.3 Å². The van der Waals surface area contributed by atoms with Crippen LogP contribution in [0.4, 0.5) is 5.69 Å². The molecule has 1 aliphatic heterocycles. The maximum Gasteiger partial charge on any atom is 0.0865 e. The van der Waals surface area contributed by atoms with E-state index in [4.69, 9.17) is 16.3 Å². The van der Waals surface area contributed by atoms with E-state index >= 15 is 0 Å². The summed E-state index contributed by atoms with van der Waals surface area (Å²) in [5, 5.41) is 14.5. The Morgan fingerprint density at radius 3 is 2.75 bits per heavy atom. The van der Waals surface area contributed by atoms with Crippen molar-refractivity contribution in [2.45, 2.75) is 25.0 Å². The molecule has 0 unspecified atom stereocenters. The molecule has 0 spiro atoms. The number of nitrogens with one attached hydrogen (secondary N) is 1. The minimum Gasteiger partial charge on any atom is -0.388 e. The smallest absolute Gasteiger partial charge is 0.0865 e. The molecule has 5 heteroatoms. The Balaban J connectivity index is 2.15. The average Bonchev–Trinajstić information content (AvgIpc) is 2.41. The van der Waals surface area contributed by atoms with Crippen LogP contribution in [0.15, 0.2) is 18.2 Å². The lowest BCUT2D eigenvalue weighted by Gasteiger charge is -2.36. The van der Waals surface area contributed by atoms with Gasteiger partial charge in [0.25, 0.3) is 0 Å². The summed E-state index contributed by atoms with van der Waals surface area (Å²) >= 11 is 6.11. The number of rotatable bonds is 5. The summed E-state index contributed by atoms with van der Waals surface area (Å²) in [4.78, 5) is 2.09. The molecule has 2 N–H and O–H groups in total. The number of ether oxygens (including phenoxy) is 1. The standard InChI is InChI=1S/C15H23ClN2O2/c1-17-10-12-3-4-13(16)9-14(12)18(2)11-15(19)5-7-20-8-6-15/h3-4,9,17,19H,5-8,10-11H2,1-2H3. The first-order chi connectivity index (χ1) is 9.54. The Hall–Kier alpha value is -0.810. The third-order valence-electron chi connectivity index (χ3n) is 3.78. The molecule has 1 aliphatic rings. The van der Waals surface area contributed by atoms with Gasteiger partial charge in [-0.1, -0.05) is 17.7 Å². The Morgan fingerprint density at radius 1 is 1.40 bits per heavy atom. The molecule has 0 aliphatic carbocycles. The highest BCUT2D eigenvalue weighted by molar-refractivity contribution is 6.30. The number of anilines is 1. The average molecular weight is 299 g/mol. The fraction of sp³-hybridized carbons (Fsp3) is 0.600. The molecule has 1 fully saturated rings.